The third-order valence-corrected chi connectivity index (χ3v) is 32.9. The van der Waals surface area contributed by atoms with E-state index in [0.29, 0.717) is 32.7 Å². The number of para-hydroxylation sites is 2. The van der Waals surface area contributed by atoms with Gasteiger partial charge in [-0.25, -0.2) is 17.6 Å². The fourth-order valence-electron chi connectivity index (χ4n) is 15.6. The molecule has 0 aromatic heterocycles. The summed E-state index contributed by atoms with van der Waals surface area (Å²) in [6.45, 7) is 16.5. The molecule has 0 heterocycles. The molecule has 0 N–H and O–H groups in total. The van der Waals surface area contributed by atoms with Gasteiger partial charge in [0.15, 0.2) is 48.9 Å². The van der Waals surface area contributed by atoms with E-state index < -0.39 is 72.2 Å². The second-order valence-corrected chi connectivity index (χ2v) is 42.6. The molecule has 0 aliphatic heterocycles. The first kappa shape index (κ1) is 92.3. The van der Waals surface area contributed by atoms with Crippen molar-refractivity contribution in [1.82, 2.24) is 0 Å². The van der Waals surface area contributed by atoms with Crippen LogP contribution in [-0.2, 0) is 0 Å². The van der Waals surface area contributed by atoms with Crippen molar-refractivity contribution in [2.24, 2.45) is 0 Å². The Morgan fingerprint density at radius 3 is 0.515 bits per heavy atom. The lowest BCUT2D eigenvalue weighted by molar-refractivity contribution is 0.611. The Hall–Kier alpha value is -12.9. The second-order valence-electron chi connectivity index (χ2n) is 31.7. The quantitative estimate of drug-likeness (QED) is 0.0378. The van der Waals surface area contributed by atoms with E-state index in [1.54, 1.807) is 48.5 Å². The minimum absolute atomic E-state index is 0.422. The van der Waals surface area contributed by atoms with Crippen molar-refractivity contribution in [2.75, 3.05) is 0 Å². The van der Waals surface area contributed by atoms with Crippen LogP contribution < -0.4 is 90.8 Å². The number of benzene rings is 18. The van der Waals surface area contributed by atoms with Crippen LogP contribution in [0, 0.1) is 78.7 Å². The Morgan fingerprint density at radius 2 is 0.318 bits per heavy atom. The molecule has 0 bridgehead atoms. The van der Waals surface area contributed by atoms with Crippen LogP contribution in [0.1, 0.15) is 44.5 Å². The molecule has 0 aliphatic carbocycles. The van der Waals surface area contributed by atoms with Gasteiger partial charge in [0.2, 0.25) is 0 Å². The molecule has 16 heteroatoms. The maximum absolute atomic E-state index is 14.5. The summed E-state index contributed by atoms with van der Waals surface area (Å²) in [6.07, 6.45) is 0. The minimum atomic E-state index is -1.71. The smallest absolute Gasteiger partial charge is 0.151 e. The molecule has 6 nitrogen and oxygen atoms in total. The van der Waals surface area contributed by atoms with E-state index in [-0.39, 0.29) is 0 Å². The minimum Gasteiger partial charge on any atom is -0.464 e. The first-order valence-corrected chi connectivity index (χ1v) is 50.9. The van der Waals surface area contributed by atoms with Gasteiger partial charge in [-0.05, 0) is 185 Å². The van der Waals surface area contributed by atoms with Gasteiger partial charge in [0.25, 0.3) is 0 Å². The summed E-state index contributed by atoms with van der Waals surface area (Å²) in [6, 6.07) is 142. The highest BCUT2D eigenvalue weighted by molar-refractivity contribution is 7.70. The predicted molar refractivity (Wildman–Crippen MR) is 552 cm³/mol. The highest BCUT2D eigenvalue weighted by Crippen LogP contribution is 2.54. The third-order valence-electron chi connectivity index (χ3n) is 21.5. The molecule has 18 aromatic carbocycles. The van der Waals surface area contributed by atoms with Gasteiger partial charge in [-0.15, -0.1) is 0 Å². The number of aryl methyl sites for hydroxylation is 8. The number of rotatable bonds is 27. The maximum Gasteiger partial charge on any atom is 0.151 e. The normalized spacial score (nSPS) is 11.1. The van der Waals surface area contributed by atoms with Gasteiger partial charge in [-0.2, -0.15) is 0 Å². The van der Waals surface area contributed by atoms with Crippen LogP contribution in [0.2, 0.25) is 0 Å². The van der Waals surface area contributed by atoms with Crippen LogP contribution in [0.3, 0.4) is 0 Å². The van der Waals surface area contributed by atoms with Gasteiger partial charge in [0, 0.05) is 97.0 Å². The molecule has 0 amide bonds. The molecule has 132 heavy (non-hydrogen) atoms. The largest absolute Gasteiger partial charge is 0.464 e. The molecule has 0 radical (unpaired) electrons. The molecular weight excluding hydrogens is 1750 g/mol. The molecule has 0 unspecified atom stereocenters. The Labute approximate surface area is 779 Å². The predicted octanol–water partition coefficient (Wildman–Crippen LogP) is 27.6. The zero-order valence-electron chi connectivity index (χ0n) is 74.2. The van der Waals surface area contributed by atoms with E-state index in [4.69, 9.17) is 27.1 Å². The van der Waals surface area contributed by atoms with Gasteiger partial charge in [0.1, 0.15) is 57.8 Å². The van der Waals surface area contributed by atoms with Crippen LogP contribution in [0.5, 0.6) is 34.5 Å². The van der Waals surface area contributed by atoms with Crippen LogP contribution >= 0.6 is 48.9 Å². The molecule has 0 saturated heterocycles. The molecule has 0 fully saturated rings. The zero-order valence-corrected chi connectivity index (χ0v) is 79.6. The van der Waals surface area contributed by atoms with Crippen molar-refractivity contribution >= 4 is 113 Å². The molecule has 0 saturated carbocycles. The first-order chi connectivity index (χ1) is 64.4. The number of hydrogen-bond donors (Lipinski definition) is 0. The van der Waals surface area contributed by atoms with Crippen molar-refractivity contribution in [3.05, 3.63) is 505 Å². The molecule has 18 rings (SSSR count). The number of halogens is 4. The van der Waals surface area contributed by atoms with Gasteiger partial charge in [-0.3, -0.25) is 0 Å². The van der Waals surface area contributed by atoms with E-state index in [2.05, 4.69) is 307 Å². The van der Waals surface area contributed by atoms with Crippen LogP contribution in [-0.4, -0.2) is 0 Å². The Balaban J connectivity index is 0.000000145. The van der Waals surface area contributed by atoms with Crippen molar-refractivity contribution in [3.8, 4) is 67.9 Å². The lowest BCUT2D eigenvalue weighted by Gasteiger charge is -2.26. The van der Waals surface area contributed by atoms with Crippen molar-refractivity contribution in [3.63, 3.8) is 0 Å². The lowest BCUT2D eigenvalue weighted by atomic mass is 9.95. The van der Waals surface area contributed by atoms with E-state index in [0.717, 1.165) is 89.8 Å². The fourth-order valence-corrected chi connectivity index (χ4v) is 26.5. The summed E-state index contributed by atoms with van der Waals surface area (Å²) >= 11 is 0. The zero-order chi connectivity index (χ0) is 91.4. The van der Waals surface area contributed by atoms with Crippen LogP contribution in [0.25, 0.3) is 33.4 Å². The molecule has 0 spiro atoms. The van der Waals surface area contributed by atoms with Crippen LogP contribution in [0.15, 0.2) is 437 Å². The summed E-state index contributed by atoms with van der Waals surface area (Å²) in [5.74, 6) is 2.85. The average molecular weight is 1850 g/mol. The van der Waals surface area contributed by atoms with E-state index >= 15 is 0 Å². The molecule has 0 aliphatic rings. The van der Waals surface area contributed by atoms with E-state index in [9.17, 15) is 17.6 Å². The monoisotopic (exact) mass is 1850 g/mol. The molecule has 18 aromatic rings. The Morgan fingerprint density at radius 1 is 0.152 bits per heavy atom. The highest BCUT2D eigenvalue weighted by Gasteiger charge is 2.31. The van der Waals surface area contributed by atoms with Gasteiger partial charge < -0.3 is 27.1 Å². The SMILES string of the molecule is Cc1cc(C)c(OP(c2cccc(F)c2)c2cccc(F)c2)c(-c2cc(C)cc(C)c2OP(c2cccc(F)c2)c2cccc(F)c2)c1.Cc1cc(C)c(OP(c2ccccc2)c2ccccc2)c(-c2cc(C)cc(C)c2OP(c2ccccc2)c2ccccc2)c1.c1ccc(P(Oc2ccccc2-c2ccccc2OP(c2ccccc2)c2ccccc2)c2ccccc2)cc1. The summed E-state index contributed by atoms with van der Waals surface area (Å²) in [5.41, 5.74) is 13.8. The molecule has 0 atom stereocenters. The summed E-state index contributed by atoms with van der Waals surface area (Å²) in [7, 11) is -7.79. The first-order valence-electron chi connectivity index (χ1n) is 43.4. The second kappa shape index (κ2) is 44.3. The fraction of sp³-hybridized carbons (Fsp3) is 0.0690. The standard InChI is InChI=1S/C40H32F4O2P2.C40H36O2P2.C36H28O2P2/c1-25-17-27(3)39(45-47(33-13-5-9-29(41)21-33)34-14-6-10-30(42)22-34)37(19-25)38-20-26(2)18-28(4)40(38)46-48(35-15-7-11-31(43)23-35)36-16-8-12-32(44)24-36;1-29-25-31(3)39(41-43(33-17-9-5-10-18-33)34-19-11-6-12-20-34)37(27-29)38-28-30(2)26-32(4)40(38)42-44(35-21-13-7-14-22-35)36-23-15-8-16-24-36;1-5-17-29(18-6-1)39(30-19-7-2-8-20-30)37-35-27-15-13-25-33(35)34-26-14-16-28-36(34)38-40(31-21-9-3-10-22-31)32-23-11-4-12-24-32/h5-24H,1-4H3;5-28H,1-4H3;1-28H. The topological polar surface area (TPSA) is 55.4 Å². The average Bonchev–Trinajstić information content (AvgIpc) is 0.774. The summed E-state index contributed by atoms with van der Waals surface area (Å²) in [4.78, 5) is 0. The van der Waals surface area contributed by atoms with Gasteiger partial charge >= 0.3 is 0 Å². The molecular formula is C116H96F4O6P6. The highest BCUT2D eigenvalue weighted by atomic mass is 31.2. The third kappa shape index (κ3) is 23.1. The van der Waals surface area contributed by atoms with E-state index in [1.165, 1.54) is 102 Å². The summed E-state index contributed by atoms with van der Waals surface area (Å²) in [5, 5.41) is 11.7. The van der Waals surface area contributed by atoms with Gasteiger partial charge in [-0.1, -0.05) is 352 Å². The summed E-state index contributed by atoms with van der Waals surface area (Å²) < 4.78 is 100. The van der Waals surface area contributed by atoms with Crippen molar-refractivity contribution in [2.45, 2.75) is 55.4 Å². The van der Waals surface area contributed by atoms with Crippen LogP contribution in [0.4, 0.5) is 17.6 Å². The Bertz CT molecular complexity index is 6260. The van der Waals surface area contributed by atoms with Gasteiger partial charge in [0.05, 0.1) is 0 Å². The maximum atomic E-state index is 14.5. The van der Waals surface area contributed by atoms with Crippen molar-refractivity contribution in [1.29, 1.82) is 0 Å². The lowest BCUT2D eigenvalue weighted by Crippen LogP contribution is -2.18. The Kier molecular flexibility index (Phi) is 31.0. The number of hydrogen-bond acceptors (Lipinski definition) is 6. The molecule has 654 valence electrons. The van der Waals surface area contributed by atoms with Crippen molar-refractivity contribution < 1.29 is 44.7 Å². The van der Waals surface area contributed by atoms with E-state index in [1.807, 2.05) is 88.4 Å².